The molecular weight excluding hydrogens is 310 g/mol. The first-order valence-corrected chi connectivity index (χ1v) is 9.40. The van der Waals surface area contributed by atoms with Gasteiger partial charge >= 0.3 is 0 Å². The zero-order valence-corrected chi connectivity index (χ0v) is 13.2. The van der Waals surface area contributed by atoms with Crippen molar-refractivity contribution in [3.05, 3.63) is 21.9 Å². The van der Waals surface area contributed by atoms with Gasteiger partial charge in [0.05, 0.1) is 28.6 Å². The Morgan fingerprint density at radius 2 is 2.19 bits per heavy atom. The molecule has 0 atom stereocenters. The number of rotatable bonds is 2. The number of nitrogens with zero attached hydrogens (tertiary/aromatic N) is 1. The average molecular weight is 327 g/mol. The van der Waals surface area contributed by atoms with Gasteiger partial charge in [-0.2, -0.15) is 0 Å². The highest BCUT2D eigenvalue weighted by Gasteiger charge is 2.23. The molecule has 7 heteroatoms. The van der Waals surface area contributed by atoms with Crippen LogP contribution in [0.3, 0.4) is 0 Å². The highest BCUT2D eigenvalue weighted by molar-refractivity contribution is 7.91. The number of carbonyl (C=O) groups is 1. The van der Waals surface area contributed by atoms with Gasteiger partial charge in [0.25, 0.3) is 5.91 Å². The lowest BCUT2D eigenvalue weighted by Gasteiger charge is -2.18. The second-order valence-electron chi connectivity index (χ2n) is 4.77. The fourth-order valence-corrected chi connectivity index (χ4v) is 4.06. The van der Waals surface area contributed by atoms with Crippen LogP contribution in [0.1, 0.15) is 28.1 Å². The van der Waals surface area contributed by atoms with E-state index < -0.39 is 9.84 Å². The molecule has 2 rings (SSSR count). The summed E-state index contributed by atoms with van der Waals surface area (Å²) in [5.41, 5.74) is 0.549. The Kier molecular flexibility index (Phi) is 5.39. The maximum absolute atomic E-state index is 12.4. The number of hydrogen-bond acceptors (Lipinski definition) is 5. The monoisotopic (exact) mass is 327 g/mol. The van der Waals surface area contributed by atoms with Gasteiger partial charge in [-0.3, -0.25) is 4.79 Å². The summed E-state index contributed by atoms with van der Waals surface area (Å²) in [5, 5.41) is 10.4. The van der Waals surface area contributed by atoms with Crippen molar-refractivity contribution in [3.63, 3.8) is 0 Å². The van der Waals surface area contributed by atoms with E-state index in [0.717, 1.165) is 4.88 Å². The van der Waals surface area contributed by atoms with Crippen LogP contribution in [0.5, 0.6) is 0 Å². The Labute approximate surface area is 128 Å². The van der Waals surface area contributed by atoms with Crippen LogP contribution in [0.15, 0.2) is 11.4 Å². The molecule has 0 aromatic carbocycles. The van der Waals surface area contributed by atoms with Crippen molar-refractivity contribution in [2.24, 2.45) is 0 Å². The van der Waals surface area contributed by atoms with Gasteiger partial charge in [-0.25, -0.2) is 8.42 Å². The van der Waals surface area contributed by atoms with Gasteiger partial charge in [0.2, 0.25) is 0 Å². The summed E-state index contributed by atoms with van der Waals surface area (Å²) in [5.74, 6) is 5.75. The molecule has 114 valence electrons. The van der Waals surface area contributed by atoms with E-state index in [4.69, 9.17) is 5.11 Å². The van der Waals surface area contributed by atoms with Crippen molar-refractivity contribution in [3.8, 4) is 11.8 Å². The molecule has 1 aromatic rings. The lowest BCUT2D eigenvalue weighted by atomic mass is 10.2. The first-order valence-electron chi connectivity index (χ1n) is 6.70. The first-order chi connectivity index (χ1) is 10.0. The van der Waals surface area contributed by atoms with Crippen molar-refractivity contribution in [1.29, 1.82) is 0 Å². The standard InChI is InChI=1S/C14H17NO4S2/c16-7-2-1-4-13-10-12(11-20-13)14(17)15-5-3-8-21(18,19)9-6-15/h10-11,16H,2-3,5-9H2. The van der Waals surface area contributed by atoms with E-state index in [0.29, 0.717) is 24.9 Å². The number of aliphatic hydroxyl groups is 1. The van der Waals surface area contributed by atoms with Crippen LogP contribution in [-0.4, -0.2) is 55.5 Å². The van der Waals surface area contributed by atoms with Gasteiger partial charge < -0.3 is 10.0 Å². The van der Waals surface area contributed by atoms with E-state index in [9.17, 15) is 13.2 Å². The summed E-state index contributed by atoms with van der Waals surface area (Å²) in [4.78, 5) is 14.7. The number of amides is 1. The second kappa shape index (κ2) is 7.07. The molecule has 0 bridgehead atoms. The van der Waals surface area contributed by atoms with Gasteiger partial charge in [-0.05, 0) is 12.5 Å². The molecule has 0 aliphatic carbocycles. The molecule has 5 nitrogen and oxygen atoms in total. The number of thiophene rings is 1. The molecular formula is C14H17NO4S2. The Morgan fingerprint density at radius 3 is 2.95 bits per heavy atom. The Morgan fingerprint density at radius 1 is 1.38 bits per heavy atom. The number of hydrogen-bond donors (Lipinski definition) is 1. The average Bonchev–Trinajstić information content (AvgIpc) is 2.83. The molecule has 1 aromatic heterocycles. The maximum atomic E-state index is 12.4. The third-order valence-electron chi connectivity index (χ3n) is 3.14. The van der Waals surface area contributed by atoms with E-state index >= 15 is 0 Å². The molecule has 1 N–H and O–H groups in total. The summed E-state index contributed by atoms with van der Waals surface area (Å²) < 4.78 is 23.1. The summed E-state index contributed by atoms with van der Waals surface area (Å²) in [6.45, 7) is 0.744. The molecule has 1 aliphatic rings. The van der Waals surface area contributed by atoms with E-state index in [1.165, 1.54) is 11.3 Å². The van der Waals surface area contributed by atoms with Crippen LogP contribution in [0.2, 0.25) is 0 Å². The second-order valence-corrected chi connectivity index (χ2v) is 7.99. The molecule has 0 saturated carbocycles. The Balaban J connectivity index is 2.05. The van der Waals surface area contributed by atoms with E-state index in [2.05, 4.69) is 11.8 Å². The highest BCUT2D eigenvalue weighted by Crippen LogP contribution is 2.17. The zero-order valence-electron chi connectivity index (χ0n) is 11.5. The molecule has 0 radical (unpaired) electrons. The molecule has 1 aliphatic heterocycles. The largest absolute Gasteiger partial charge is 0.395 e. The van der Waals surface area contributed by atoms with Gasteiger partial charge in [0.15, 0.2) is 9.84 Å². The number of carbonyl (C=O) groups excluding carboxylic acids is 1. The fraction of sp³-hybridized carbons (Fsp3) is 0.500. The molecule has 1 amide bonds. The van der Waals surface area contributed by atoms with Gasteiger partial charge in [-0.15, -0.1) is 11.3 Å². The highest BCUT2D eigenvalue weighted by atomic mass is 32.2. The van der Waals surface area contributed by atoms with Crippen LogP contribution in [0.25, 0.3) is 0 Å². The molecule has 1 fully saturated rings. The van der Waals surface area contributed by atoms with Crippen molar-refractivity contribution < 1.29 is 18.3 Å². The van der Waals surface area contributed by atoms with E-state index in [1.54, 1.807) is 16.3 Å². The van der Waals surface area contributed by atoms with Crippen molar-refractivity contribution in [2.75, 3.05) is 31.2 Å². The summed E-state index contributed by atoms with van der Waals surface area (Å²) in [7, 11) is -3.01. The normalized spacial score (nSPS) is 17.7. The van der Waals surface area contributed by atoms with Gasteiger partial charge in [0.1, 0.15) is 0 Å². The number of aliphatic hydroxyl groups excluding tert-OH is 1. The van der Waals surface area contributed by atoms with Crippen LogP contribution < -0.4 is 0 Å². The molecule has 2 heterocycles. The third-order valence-corrected chi connectivity index (χ3v) is 5.70. The smallest absolute Gasteiger partial charge is 0.254 e. The van der Waals surface area contributed by atoms with E-state index in [-0.39, 0.29) is 30.6 Å². The topological polar surface area (TPSA) is 74.7 Å². The van der Waals surface area contributed by atoms with Crippen LogP contribution in [-0.2, 0) is 9.84 Å². The predicted molar refractivity (Wildman–Crippen MR) is 82.1 cm³/mol. The summed E-state index contributed by atoms with van der Waals surface area (Å²) in [6.07, 6.45) is 0.895. The first kappa shape index (κ1) is 16.0. The van der Waals surface area contributed by atoms with Gasteiger partial charge in [-0.1, -0.05) is 11.8 Å². The van der Waals surface area contributed by atoms with Crippen molar-refractivity contribution >= 4 is 27.1 Å². The lowest BCUT2D eigenvalue weighted by molar-refractivity contribution is 0.0769. The third kappa shape index (κ3) is 4.56. The minimum Gasteiger partial charge on any atom is -0.395 e. The van der Waals surface area contributed by atoms with Crippen LogP contribution in [0, 0.1) is 11.8 Å². The lowest BCUT2D eigenvalue weighted by Crippen LogP contribution is -2.33. The maximum Gasteiger partial charge on any atom is 0.254 e. The SMILES string of the molecule is O=C(c1csc(C#CCCO)c1)N1CCCS(=O)(=O)CC1. The minimum atomic E-state index is -3.01. The minimum absolute atomic E-state index is 0.0203. The Hall–Kier alpha value is -1.36. The molecule has 0 spiro atoms. The quantitative estimate of drug-likeness (QED) is 0.813. The molecule has 21 heavy (non-hydrogen) atoms. The zero-order chi connectivity index (χ0) is 15.3. The van der Waals surface area contributed by atoms with Crippen LogP contribution in [0.4, 0.5) is 0 Å². The fourth-order valence-electron chi connectivity index (χ4n) is 2.04. The number of sulfone groups is 1. The Bertz CT molecular complexity index is 667. The van der Waals surface area contributed by atoms with Crippen molar-refractivity contribution in [1.82, 2.24) is 4.90 Å². The molecule has 0 unspecified atom stereocenters. The molecule has 1 saturated heterocycles. The van der Waals surface area contributed by atoms with Gasteiger partial charge in [0, 0.05) is 24.9 Å². The summed E-state index contributed by atoms with van der Waals surface area (Å²) in [6, 6.07) is 1.72. The van der Waals surface area contributed by atoms with Crippen LogP contribution >= 0.6 is 11.3 Å². The van der Waals surface area contributed by atoms with E-state index in [1.807, 2.05) is 0 Å². The predicted octanol–water partition coefficient (Wildman–Crippen LogP) is 0.743. The van der Waals surface area contributed by atoms with Crippen molar-refractivity contribution in [2.45, 2.75) is 12.8 Å². The summed E-state index contributed by atoms with van der Waals surface area (Å²) >= 11 is 1.38.